The minimum absolute atomic E-state index is 1.11. The predicted molar refractivity (Wildman–Crippen MR) is 74.0 cm³/mol. The smallest absolute Gasteiger partial charge is 0.0123 e. The van der Waals surface area contributed by atoms with Crippen LogP contribution >= 0.6 is 0 Å². The number of hydrogen-bond acceptors (Lipinski definition) is 0. The van der Waals surface area contributed by atoms with Gasteiger partial charge in [-0.05, 0) is 35.2 Å². The molecule has 0 heterocycles. The maximum absolute atomic E-state index is 2.22. The second-order valence-corrected chi connectivity index (χ2v) is 4.15. The van der Waals surface area contributed by atoms with E-state index in [1.54, 1.807) is 0 Å². The first-order valence-electron chi connectivity index (χ1n) is 6.21. The van der Waals surface area contributed by atoms with Crippen molar-refractivity contribution in [1.82, 2.24) is 0 Å². The Labute approximate surface area is 99.3 Å². The molecular formula is C16H22. The lowest BCUT2D eigenvalue weighted by Gasteiger charge is -2.06. The first-order chi connectivity index (χ1) is 7.74. The van der Waals surface area contributed by atoms with E-state index in [1.807, 2.05) is 0 Å². The van der Waals surface area contributed by atoms with Crippen LogP contribution in [-0.2, 0) is 6.42 Å². The van der Waals surface area contributed by atoms with E-state index < -0.39 is 0 Å². The third-order valence-corrected chi connectivity index (χ3v) is 2.58. The van der Waals surface area contributed by atoms with E-state index in [4.69, 9.17) is 0 Å². The summed E-state index contributed by atoms with van der Waals surface area (Å²) in [6.07, 6.45) is 2.36. The molecule has 0 spiro atoms. The van der Waals surface area contributed by atoms with Gasteiger partial charge in [-0.25, -0.2) is 0 Å². The maximum Gasteiger partial charge on any atom is -0.0123 e. The molecule has 2 aromatic carbocycles. The Balaban J connectivity index is 0.000000386. The molecule has 86 valence electrons. The van der Waals surface area contributed by atoms with Crippen molar-refractivity contribution in [2.24, 2.45) is 0 Å². The first-order valence-corrected chi connectivity index (χ1v) is 6.21. The lowest BCUT2D eigenvalue weighted by Crippen LogP contribution is -1.85. The Bertz CT molecular complexity index is 435. The van der Waals surface area contributed by atoms with Crippen molar-refractivity contribution in [3.8, 4) is 0 Å². The Morgan fingerprint density at radius 3 is 2.00 bits per heavy atom. The minimum Gasteiger partial charge on any atom is -0.0656 e. The lowest BCUT2D eigenvalue weighted by molar-refractivity contribution is 1.09. The molecule has 0 aliphatic rings. The van der Waals surface area contributed by atoms with E-state index in [-0.39, 0.29) is 0 Å². The van der Waals surface area contributed by atoms with Crippen LogP contribution in [0, 0.1) is 6.92 Å². The van der Waals surface area contributed by atoms with E-state index in [0.717, 1.165) is 6.42 Å². The fourth-order valence-electron chi connectivity index (χ4n) is 1.91. The zero-order valence-electron chi connectivity index (χ0n) is 10.9. The van der Waals surface area contributed by atoms with Crippen LogP contribution in [-0.4, -0.2) is 0 Å². The highest BCUT2D eigenvalue weighted by Crippen LogP contribution is 2.22. The van der Waals surface area contributed by atoms with Crippen LogP contribution in [0.5, 0.6) is 0 Å². The first kappa shape index (κ1) is 12.8. The molecule has 0 fully saturated rings. The van der Waals surface area contributed by atoms with Gasteiger partial charge in [0.1, 0.15) is 0 Å². The molecule has 0 heteroatoms. The highest BCUT2D eigenvalue weighted by Gasteiger charge is 2.00. The average Bonchev–Trinajstić information content (AvgIpc) is 2.30. The zero-order valence-corrected chi connectivity index (χ0v) is 10.9. The van der Waals surface area contributed by atoms with Crippen molar-refractivity contribution in [1.29, 1.82) is 0 Å². The highest BCUT2D eigenvalue weighted by atomic mass is 14.0. The molecule has 0 atom stereocenters. The van der Waals surface area contributed by atoms with Gasteiger partial charge in [0.05, 0.1) is 0 Å². The molecule has 0 nitrogen and oxygen atoms in total. The fourth-order valence-corrected chi connectivity index (χ4v) is 1.91. The summed E-state index contributed by atoms with van der Waals surface area (Å²) in [5.74, 6) is 0. The summed E-state index contributed by atoms with van der Waals surface area (Å²) in [6, 6.07) is 13.0. The van der Waals surface area contributed by atoms with Gasteiger partial charge in [-0.3, -0.25) is 0 Å². The van der Waals surface area contributed by atoms with Crippen molar-refractivity contribution >= 4 is 10.8 Å². The fraction of sp³-hybridized carbons (Fsp3) is 0.375. The van der Waals surface area contributed by atoms with E-state index in [1.165, 1.54) is 28.3 Å². The monoisotopic (exact) mass is 214 g/mol. The van der Waals surface area contributed by atoms with Crippen LogP contribution in [0.2, 0.25) is 0 Å². The SMILES string of the molecule is CCC.CCc1cccc2cccc(C)c12. The molecule has 16 heavy (non-hydrogen) atoms. The number of aryl methyl sites for hydroxylation is 2. The largest absolute Gasteiger partial charge is 0.0656 e. The number of rotatable bonds is 1. The molecule has 0 aliphatic heterocycles. The quantitative estimate of drug-likeness (QED) is 0.617. The molecule has 0 unspecified atom stereocenters. The molecule has 0 aliphatic carbocycles. The maximum atomic E-state index is 2.22. The van der Waals surface area contributed by atoms with E-state index >= 15 is 0 Å². The van der Waals surface area contributed by atoms with Crippen molar-refractivity contribution in [3.63, 3.8) is 0 Å². The molecule has 0 radical (unpaired) electrons. The number of fused-ring (bicyclic) bond motifs is 1. The summed E-state index contributed by atoms with van der Waals surface area (Å²) in [5.41, 5.74) is 2.84. The van der Waals surface area contributed by atoms with Crippen molar-refractivity contribution in [2.45, 2.75) is 40.5 Å². The van der Waals surface area contributed by atoms with Crippen LogP contribution < -0.4 is 0 Å². The third kappa shape index (κ3) is 2.85. The molecular weight excluding hydrogens is 192 g/mol. The normalized spacial score (nSPS) is 9.75. The summed E-state index contributed by atoms with van der Waals surface area (Å²) in [6.45, 7) is 8.64. The van der Waals surface area contributed by atoms with Crippen LogP contribution in [0.15, 0.2) is 36.4 Å². The summed E-state index contributed by atoms with van der Waals surface area (Å²) in [4.78, 5) is 0. The Morgan fingerprint density at radius 1 is 0.875 bits per heavy atom. The molecule has 0 N–H and O–H groups in total. The minimum atomic E-state index is 1.11. The van der Waals surface area contributed by atoms with Crippen molar-refractivity contribution in [3.05, 3.63) is 47.5 Å². The van der Waals surface area contributed by atoms with Crippen molar-refractivity contribution < 1.29 is 0 Å². The molecule has 2 aromatic rings. The Hall–Kier alpha value is -1.30. The van der Waals surface area contributed by atoms with Gasteiger partial charge in [0.15, 0.2) is 0 Å². The van der Waals surface area contributed by atoms with Gasteiger partial charge in [0.2, 0.25) is 0 Å². The van der Waals surface area contributed by atoms with Gasteiger partial charge in [0.25, 0.3) is 0 Å². The van der Waals surface area contributed by atoms with Gasteiger partial charge in [-0.15, -0.1) is 0 Å². The van der Waals surface area contributed by atoms with Gasteiger partial charge < -0.3 is 0 Å². The summed E-state index contributed by atoms with van der Waals surface area (Å²) >= 11 is 0. The van der Waals surface area contributed by atoms with Gasteiger partial charge in [-0.1, -0.05) is 63.6 Å². The van der Waals surface area contributed by atoms with E-state index in [2.05, 4.69) is 64.1 Å². The highest BCUT2D eigenvalue weighted by molar-refractivity contribution is 5.88. The molecule has 0 saturated heterocycles. The van der Waals surface area contributed by atoms with Crippen LogP contribution in [0.25, 0.3) is 10.8 Å². The second kappa shape index (κ2) is 6.32. The van der Waals surface area contributed by atoms with Crippen LogP contribution in [0.4, 0.5) is 0 Å². The molecule has 0 amide bonds. The summed E-state index contributed by atoms with van der Waals surface area (Å²) in [7, 11) is 0. The predicted octanol–water partition coefficient (Wildman–Crippen LogP) is 5.13. The summed E-state index contributed by atoms with van der Waals surface area (Å²) in [5, 5.41) is 2.80. The standard InChI is InChI=1S/C13H14.C3H8/c1-3-11-7-5-9-12-8-4-6-10(2)13(11)12;1-3-2/h4-9H,3H2,1-2H3;3H2,1-2H3. The Kier molecular flexibility index (Phi) is 5.04. The van der Waals surface area contributed by atoms with Gasteiger partial charge in [0, 0.05) is 0 Å². The molecule has 0 bridgehead atoms. The Morgan fingerprint density at radius 2 is 1.44 bits per heavy atom. The van der Waals surface area contributed by atoms with Gasteiger partial charge in [-0.2, -0.15) is 0 Å². The molecule has 0 aromatic heterocycles. The molecule has 2 rings (SSSR count). The van der Waals surface area contributed by atoms with Crippen LogP contribution in [0.1, 0.15) is 38.3 Å². The summed E-state index contributed by atoms with van der Waals surface area (Å²) < 4.78 is 0. The second-order valence-electron chi connectivity index (χ2n) is 4.15. The lowest BCUT2D eigenvalue weighted by atomic mass is 9.99. The van der Waals surface area contributed by atoms with Gasteiger partial charge >= 0.3 is 0 Å². The molecule has 0 saturated carbocycles. The van der Waals surface area contributed by atoms with Crippen LogP contribution in [0.3, 0.4) is 0 Å². The number of benzene rings is 2. The van der Waals surface area contributed by atoms with Crippen molar-refractivity contribution in [2.75, 3.05) is 0 Å². The third-order valence-electron chi connectivity index (χ3n) is 2.58. The number of hydrogen-bond donors (Lipinski definition) is 0. The topological polar surface area (TPSA) is 0 Å². The zero-order chi connectivity index (χ0) is 12.0. The van der Waals surface area contributed by atoms with E-state index in [0.29, 0.717) is 0 Å². The average molecular weight is 214 g/mol. The van der Waals surface area contributed by atoms with E-state index in [9.17, 15) is 0 Å².